The lowest BCUT2D eigenvalue weighted by Gasteiger charge is -2.16. The molecule has 4 heteroatoms. The molecule has 1 atom stereocenters. The summed E-state index contributed by atoms with van der Waals surface area (Å²) in [6.07, 6.45) is 0. The lowest BCUT2D eigenvalue weighted by atomic mass is 10.0. The second-order valence-electron chi connectivity index (χ2n) is 4.78. The fourth-order valence-corrected chi connectivity index (χ4v) is 2.47. The van der Waals surface area contributed by atoms with Crippen molar-refractivity contribution in [3.63, 3.8) is 0 Å². The molecule has 1 aliphatic heterocycles. The fraction of sp³-hybridized carbons (Fsp3) is 0.125. The van der Waals surface area contributed by atoms with Crippen molar-refractivity contribution >= 4 is 28.9 Å². The Morgan fingerprint density at radius 2 is 1.90 bits per heavy atom. The normalized spacial score (nSPS) is 17.6. The largest absolute Gasteiger partial charge is 0.347 e. The predicted octanol–water partition coefficient (Wildman–Crippen LogP) is 3.43. The number of nitrogens with one attached hydrogen (secondary N) is 2. The maximum Gasteiger partial charge on any atom is 0.195 e. The van der Waals surface area contributed by atoms with Crippen LogP contribution in [0.15, 0.2) is 59.6 Å². The first kappa shape index (κ1) is 12.8. The van der Waals surface area contributed by atoms with Gasteiger partial charge in [0.25, 0.3) is 0 Å². The molecule has 2 aromatic rings. The summed E-state index contributed by atoms with van der Waals surface area (Å²) in [5.74, 6) is 0.840. The van der Waals surface area contributed by atoms with Crippen molar-refractivity contribution in [1.29, 1.82) is 0 Å². The molecule has 0 spiro atoms. The molecule has 0 fully saturated rings. The summed E-state index contributed by atoms with van der Waals surface area (Å²) < 4.78 is 0. The van der Waals surface area contributed by atoms with Gasteiger partial charge in [-0.3, -0.25) is 0 Å². The van der Waals surface area contributed by atoms with Gasteiger partial charge < -0.3 is 10.6 Å². The van der Waals surface area contributed by atoms with Gasteiger partial charge in [0.15, 0.2) is 5.11 Å². The van der Waals surface area contributed by atoms with E-state index in [1.807, 2.05) is 36.4 Å². The summed E-state index contributed by atoms with van der Waals surface area (Å²) >= 11 is 5.18. The number of thiocarbonyl (C=S) groups is 1. The quantitative estimate of drug-likeness (QED) is 0.828. The van der Waals surface area contributed by atoms with Crippen molar-refractivity contribution < 1.29 is 0 Å². The van der Waals surface area contributed by atoms with Gasteiger partial charge >= 0.3 is 0 Å². The topological polar surface area (TPSA) is 36.4 Å². The zero-order chi connectivity index (χ0) is 13.9. The molecular weight excluding hydrogens is 266 g/mol. The van der Waals surface area contributed by atoms with E-state index >= 15 is 0 Å². The molecule has 3 rings (SSSR count). The number of hydrogen-bond acceptors (Lipinski definition) is 2. The number of para-hydroxylation sites is 1. The summed E-state index contributed by atoms with van der Waals surface area (Å²) in [4.78, 5) is 4.40. The Labute approximate surface area is 123 Å². The zero-order valence-electron chi connectivity index (χ0n) is 11.1. The molecule has 1 heterocycles. The van der Waals surface area contributed by atoms with Crippen LogP contribution in [0.25, 0.3) is 0 Å². The molecule has 1 aliphatic rings. The van der Waals surface area contributed by atoms with Crippen molar-refractivity contribution in [3.8, 4) is 0 Å². The van der Waals surface area contributed by atoms with Gasteiger partial charge in [-0.25, -0.2) is 4.99 Å². The highest BCUT2D eigenvalue weighted by Crippen LogP contribution is 2.22. The molecule has 0 saturated heterocycles. The van der Waals surface area contributed by atoms with Crippen molar-refractivity contribution in [2.24, 2.45) is 4.99 Å². The highest BCUT2D eigenvalue weighted by atomic mass is 32.1. The average molecular weight is 281 g/mol. The van der Waals surface area contributed by atoms with E-state index in [2.05, 4.69) is 40.7 Å². The van der Waals surface area contributed by atoms with Gasteiger partial charge in [0.1, 0.15) is 11.9 Å². The van der Waals surface area contributed by atoms with E-state index in [0.717, 1.165) is 17.1 Å². The van der Waals surface area contributed by atoms with Gasteiger partial charge in [-0.05, 0) is 36.8 Å². The highest BCUT2D eigenvalue weighted by Gasteiger charge is 2.25. The van der Waals surface area contributed by atoms with E-state index in [-0.39, 0.29) is 6.04 Å². The Hall–Kier alpha value is -2.20. The molecule has 2 N–H and O–H groups in total. The average Bonchev–Trinajstić information content (AvgIpc) is 2.81. The summed E-state index contributed by atoms with van der Waals surface area (Å²) in [5, 5.41) is 7.10. The molecule has 2 aromatic carbocycles. The Bertz CT molecular complexity index is 664. The lowest BCUT2D eigenvalue weighted by molar-refractivity contribution is 0.864. The van der Waals surface area contributed by atoms with Crippen LogP contribution in [0, 0.1) is 6.92 Å². The van der Waals surface area contributed by atoms with Gasteiger partial charge in [0, 0.05) is 5.69 Å². The molecule has 0 aromatic heterocycles. The second kappa shape index (κ2) is 5.43. The molecule has 100 valence electrons. The molecule has 0 saturated carbocycles. The fourth-order valence-electron chi connectivity index (χ4n) is 2.26. The smallest absolute Gasteiger partial charge is 0.195 e. The van der Waals surface area contributed by atoms with Crippen LogP contribution >= 0.6 is 12.2 Å². The molecule has 0 aliphatic carbocycles. The predicted molar refractivity (Wildman–Crippen MR) is 87.2 cm³/mol. The first-order valence-corrected chi connectivity index (χ1v) is 6.91. The number of rotatable bonds is 2. The van der Waals surface area contributed by atoms with Crippen LogP contribution in [-0.2, 0) is 0 Å². The third kappa shape index (κ3) is 2.70. The van der Waals surface area contributed by atoms with Crippen molar-refractivity contribution in [1.82, 2.24) is 5.32 Å². The standard InChI is InChI=1S/C16H15N3S/c1-11-6-5-7-12(10-11)14-15(19-16(20)18-14)17-13-8-3-2-4-9-13/h2-10,14H,1H3,(H2,17,18,19,20). The number of amidine groups is 1. The monoisotopic (exact) mass is 281 g/mol. The molecule has 20 heavy (non-hydrogen) atoms. The first-order chi connectivity index (χ1) is 9.72. The Kier molecular flexibility index (Phi) is 3.48. The van der Waals surface area contributed by atoms with E-state index in [1.165, 1.54) is 5.56 Å². The van der Waals surface area contributed by atoms with Crippen LogP contribution in [0.1, 0.15) is 17.2 Å². The number of benzene rings is 2. The van der Waals surface area contributed by atoms with E-state index in [4.69, 9.17) is 12.2 Å². The molecule has 0 bridgehead atoms. The maximum atomic E-state index is 5.18. The van der Waals surface area contributed by atoms with Crippen LogP contribution in [0.5, 0.6) is 0 Å². The molecule has 1 unspecified atom stereocenters. The van der Waals surface area contributed by atoms with Gasteiger partial charge in [-0.15, -0.1) is 0 Å². The zero-order valence-corrected chi connectivity index (χ0v) is 11.9. The van der Waals surface area contributed by atoms with Gasteiger partial charge in [-0.2, -0.15) is 0 Å². The minimum absolute atomic E-state index is 0.0115. The minimum Gasteiger partial charge on any atom is -0.347 e. The summed E-state index contributed by atoms with van der Waals surface area (Å²) in [6, 6.07) is 18.3. The lowest BCUT2D eigenvalue weighted by Crippen LogP contribution is -2.27. The van der Waals surface area contributed by atoms with Crippen LogP contribution in [0.2, 0.25) is 0 Å². The van der Waals surface area contributed by atoms with Crippen LogP contribution < -0.4 is 10.6 Å². The maximum absolute atomic E-state index is 5.18. The van der Waals surface area contributed by atoms with E-state index in [9.17, 15) is 0 Å². The van der Waals surface area contributed by atoms with Crippen molar-refractivity contribution in [2.75, 3.05) is 5.32 Å². The van der Waals surface area contributed by atoms with Gasteiger partial charge in [0.2, 0.25) is 0 Å². The van der Waals surface area contributed by atoms with E-state index < -0.39 is 0 Å². The summed E-state index contributed by atoms with van der Waals surface area (Å²) in [7, 11) is 0. The Morgan fingerprint density at radius 3 is 2.65 bits per heavy atom. The molecule has 3 nitrogen and oxygen atoms in total. The number of hydrogen-bond donors (Lipinski definition) is 2. The molecular formula is C16H15N3S. The summed E-state index contributed by atoms with van der Waals surface area (Å²) in [6.45, 7) is 2.08. The minimum atomic E-state index is -0.0115. The SMILES string of the molecule is Cc1cccc(C2NC(=S)N=C2Nc2ccccc2)c1. The highest BCUT2D eigenvalue weighted by molar-refractivity contribution is 7.80. The first-order valence-electron chi connectivity index (χ1n) is 6.50. The Balaban J connectivity index is 1.88. The van der Waals surface area contributed by atoms with Gasteiger partial charge in [0.05, 0.1) is 0 Å². The third-order valence-electron chi connectivity index (χ3n) is 3.18. The number of nitrogens with zero attached hydrogens (tertiary/aromatic N) is 1. The second-order valence-corrected chi connectivity index (χ2v) is 5.17. The van der Waals surface area contributed by atoms with Crippen LogP contribution in [-0.4, -0.2) is 10.9 Å². The molecule has 0 amide bonds. The summed E-state index contributed by atoms with van der Waals surface area (Å²) in [5.41, 5.74) is 3.39. The third-order valence-corrected chi connectivity index (χ3v) is 3.39. The number of aryl methyl sites for hydroxylation is 1. The Morgan fingerprint density at radius 1 is 1.10 bits per heavy atom. The molecule has 0 radical (unpaired) electrons. The van der Waals surface area contributed by atoms with Crippen LogP contribution in [0.4, 0.5) is 5.69 Å². The van der Waals surface area contributed by atoms with Crippen molar-refractivity contribution in [2.45, 2.75) is 13.0 Å². The number of anilines is 1. The van der Waals surface area contributed by atoms with Crippen LogP contribution in [0.3, 0.4) is 0 Å². The van der Waals surface area contributed by atoms with Crippen molar-refractivity contribution in [3.05, 3.63) is 65.7 Å². The van der Waals surface area contributed by atoms with Gasteiger partial charge in [-0.1, -0.05) is 48.0 Å². The van der Waals surface area contributed by atoms with E-state index in [1.54, 1.807) is 0 Å². The van der Waals surface area contributed by atoms with E-state index in [0.29, 0.717) is 5.11 Å². The number of aliphatic imine (C=N–C) groups is 1.